The number of amides is 1. The fraction of sp³-hybridized carbons (Fsp3) is 0.0833. The maximum absolute atomic E-state index is 11.5. The standard InChI is InChI=1S/C12H11N3O/c13-12(16)11(9-4-3-6-14-8-9)10-5-1-2-7-15-10/h1-8,11H,(H2,13,16). The summed E-state index contributed by atoms with van der Waals surface area (Å²) in [5, 5.41) is 0. The van der Waals surface area contributed by atoms with Crippen LogP contribution >= 0.6 is 0 Å². The molecular formula is C12H11N3O. The molecule has 0 saturated heterocycles. The average molecular weight is 213 g/mol. The molecular weight excluding hydrogens is 202 g/mol. The van der Waals surface area contributed by atoms with Crippen molar-refractivity contribution in [2.75, 3.05) is 0 Å². The van der Waals surface area contributed by atoms with E-state index in [1.807, 2.05) is 12.1 Å². The Balaban J connectivity index is 2.44. The number of carbonyl (C=O) groups is 1. The molecule has 2 aromatic heterocycles. The van der Waals surface area contributed by atoms with Crippen LogP contribution in [0.5, 0.6) is 0 Å². The molecule has 0 radical (unpaired) electrons. The summed E-state index contributed by atoms with van der Waals surface area (Å²) in [5.74, 6) is -0.957. The molecule has 2 heterocycles. The largest absolute Gasteiger partial charge is 0.369 e. The van der Waals surface area contributed by atoms with Gasteiger partial charge in [0.05, 0.1) is 5.69 Å². The van der Waals surface area contributed by atoms with Crippen molar-refractivity contribution in [1.29, 1.82) is 0 Å². The van der Waals surface area contributed by atoms with E-state index in [9.17, 15) is 4.79 Å². The molecule has 80 valence electrons. The smallest absolute Gasteiger partial charge is 0.231 e. The highest BCUT2D eigenvalue weighted by atomic mass is 16.1. The first-order chi connectivity index (χ1) is 7.79. The van der Waals surface area contributed by atoms with E-state index in [0.717, 1.165) is 5.56 Å². The molecule has 2 aromatic rings. The van der Waals surface area contributed by atoms with Gasteiger partial charge in [0.2, 0.25) is 5.91 Å². The first-order valence-corrected chi connectivity index (χ1v) is 4.89. The van der Waals surface area contributed by atoms with Crippen molar-refractivity contribution < 1.29 is 4.79 Å². The van der Waals surface area contributed by atoms with Crippen molar-refractivity contribution in [2.45, 2.75) is 5.92 Å². The van der Waals surface area contributed by atoms with Crippen LogP contribution in [0.15, 0.2) is 48.9 Å². The lowest BCUT2D eigenvalue weighted by Crippen LogP contribution is -2.23. The molecule has 0 aromatic carbocycles. The predicted molar refractivity (Wildman–Crippen MR) is 59.5 cm³/mol. The summed E-state index contributed by atoms with van der Waals surface area (Å²) in [6.07, 6.45) is 4.92. The lowest BCUT2D eigenvalue weighted by molar-refractivity contribution is -0.118. The van der Waals surface area contributed by atoms with Gasteiger partial charge in [0.1, 0.15) is 5.92 Å². The van der Waals surface area contributed by atoms with Gasteiger partial charge in [-0.3, -0.25) is 14.8 Å². The maximum atomic E-state index is 11.5. The zero-order valence-corrected chi connectivity index (χ0v) is 8.58. The Morgan fingerprint density at radius 1 is 1.19 bits per heavy atom. The van der Waals surface area contributed by atoms with Crippen molar-refractivity contribution in [1.82, 2.24) is 9.97 Å². The van der Waals surface area contributed by atoms with Gasteiger partial charge in [0.15, 0.2) is 0 Å². The summed E-state index contributed by atoms with van der Waals surface area (Å²) in [5.41, 5.74) is 6.79. The number of rotatable bonds is 3. The van der Waals surface area contributed by atoms with E-state index in [-0.39, 0.29) is 0 Å². The molecule has 0 saturated carbocycles. The molecule has 0 aliphatic carbocycles. The van der Waals surface area contributed by atoms with Gasteiger partial charge in [0.25, 0.3) is 0 Å². The molecule has 1 atom stereocenters. The third-order valence-corrected chi connectivity index (χ3v) is 2.29. The molecule has 0 fully saturated rings. The predicted octanol–water partition coefficient (Wildman–Crippen LogP) is 1.09. The number of hydrogen-bond acceptors (Lipinski definition) is 3. The molecule has 1 unspecified atom stereocenters. The van der Waals surface area contributed by atoms with Gasteiger partial charge in [-0.05, 0) is 23.8 Å². The van der Waals surface area contributed by atoms with Gasteiger partial charge in [0, 0.05) is 18.6 Å². The molecule has 0 aliphatic rings. The lowest BCUT2D eigenvalue weighted by Gasteiger charge is -2.12. The summed E-state index contributed by atoms with van der Waals surface area (Å²) >= 11 is 0. The van der Waals surface area contributed by atoms with Crippen LogP contribution in [0.3, 0.4) is 0 Å². The molecule has 4 nitrogen and oxygen atoms in total. The number of carbonyl (C=O) groups excluding carboxylic acids is 1. The van der Waals surface area contributed by atoms with Crippen molar-refractivity contribution in [2.24, 2.45) is 5.73 Å². The summed E-state index contributed by atoms with van der Waals surface area (Å²) in [4.78, 5) is 19.6. The first-order valence-electron chi connectivity index (χ1n) is 4.89. The molecule has 2 N–H and O–H groups in total. The Labute approximate surface area is 93.2 Å². The minimum absolute atomic E-state index is 0.424. The second kappa shape index (κ2) is 4.53. The van der Waals surface area contributed by atoms with E-state index in [4.69, 9.17) is 5.73 Å². The molecule has 0 spiro atoms. The topological polar surface area (TPSA) is 68.9 Å². The number of nitrogens with two attached hydrogens (primary N) is 1. The fourth-order valence-electron chi connectivity index (χ4n) is 1.57. The van der Waals surface area contributed by atoms with Crippen LogP contribution in [0.25, 0.3) is 0 Å². The van der Waals surface area contributed by atoms with Crippen molar-refractivity contribution >= 4 is 5.91 Å². The van der Waals surface area contributed by atoms with Gasteiger partial charge in [-0.15, -0.1) is 0 Å². The van der Waals surface area contributed by atoms with E-state index in [1.54, 1.807) is 36.8 Å². The second-order valence-corrected chi connectivity index (χ2v) is 3.38. The SMILES string of the molecule is NC(=O)C(c1cccnc1)c1ccccn1. The summed E-state index contributed by atoms with van der Waals surface area (Å²) < 4.78 is 0. The molecule has 2 rings (SSSR count). The number of nitrogens with zero attached hydrogens (tertiary/aromatic N) is 2. The van der Waals surface area contributed by atoms with Gasteiger partial charge in [-0.2, -0.15) is 0 Å². The first kappa shape index (κ1) is 10.3. The number of hydrogen-bond donors (Lipinski definition) is 1. The number of pyridine rings is 2. The third kappa shape index (κ3) is 2.06. The molecule has 16 heavy (non-hydrogen) atoms. The van der Waals surface area contributed by atoms with E-state index in [1.165, 1.54) is 0 Å². The van der Waals surface area contributed by atoms with Gasteiger partial charge >= 0.3 is 0 Å². The van der Waals surface area contributed by atoms with Crippen LogP contribution in [-0.2, 0) is 4.79 Å². The monoisotopic (exact) mass is 213 g/mol. The van der Waals surface area contributed by atoms with E-state index in [2.05, 4.69) is 9.97 Å². The van der Waals surface area contributed by atoms with E-state index < -0.39 is 11.8 Å². The lowest BCUT2D eigenvalue weighted by atomic mass is 9.96. The van der Waals surface area contributed by atoms with Crippen LogP contribution in [-0.4, -0.2) is 15.9 Å². The number of primary amides is 1. The highest BCUT2D eigenvalue weighted by molar-refractivity contribution is 5.84. The number of aromatic nitrogens is 2. The molecule has 0 aliphatic heterocycles. The van der Waals surface area contributed by atoms with Crippen LogP contribution in [0.1, 0.15) is 17.2 Å². The summed E-state index contributed by atoms with van der Waals surface area (Å²) in [6.45, 7) is 0. The van der Waals surface area contributed by atoms with Crippen LogP contribution in [0.4, 0.5) is 0 Å². The van der Waals surface area contributed by atoms with Crippen molar-refractivity contribution in [3.05, 3.63) is 60.2 Å². The van der Waals surface area contributed by atoms with Gasteiger partial charge in [-0.25, -0.2) is 0 Å². The minimum atomic E-state index is -0.533. The summed E-state index contributed by atoms with van der Waals surface area (Å²) in [7, 11) is 0. The zero-order valence-electron chi connectivity index (χ0n) is 8.58. The highest BCUT2D eigenvalue weighted by Crippen LogP contribution is 2.21. The Morgan fingerprint density at radius 3 is 2.62 bits per heavy atom. The maximum Gasteiger partial charge on any atom is 0.231 e. The third-order valence-electron chi connectivity index (χ3n) is 2.29. The summed E-state index contributed by atoms with van der Waals surface area (Å²) in [6, 6.07) is 8.99. The van der Waals surface area contributed by atoms with Crippen LogP contribution in [0.2, 0.25) is 0 Å². The zero-order chi connectivity index (χ0) is 11.4. The van der Waals surface area contributed by atoms with Crippen molar-refractivity contribution in [3.8, 4) is 0 Å². The molecule has 0 bridgehead atoms. The fourth-order valence-corrected chi connectivity index (χ4v) is 1.57. The van der Waals surface area contributed by atoms with E-state index in [0.29, 0.717) is 5.69 Å². The van der Waals surface area contributed by atoms with Crippen LogP contribution < -0.4 is 5.73 Å². The Morgan fingerprint density at radius 2 is 2.06 bits per heavy atom. The van der Waals surface area contributed by atoms with Crippen molar-refractivity contribution in [3.63, 3.8) is 0 Å². The minimum Gasteiger partial charge on any atom is -0.369 e. The van der Waals surface area contributed by atoms with Gasteiger partial charge in [-0.1, -0.05) is 12.1 Å². The van der Waals surface area contributed by atoms with Gasteiger partial charge < -0.3 is 5.73 Å². The molecule has 1 amide bonds. The molecule has 4 heteroatoms. The Bertz CT molecular complexity index is 431. The average Bonchev–Trinajstić information content (AvgIpc) is 2.31. The van der Waals surface area contributed by atoms with E-state index >= 15 is 0 Å². The Kier molecular flexibility index (Phi) is 2.91. The Hall–Kier alpha value is -2.23. The normalized spacial score (nSPS) is 12.0. The highest BCUT2D eigenvalue weighted by Gasteiger charge is 2.21. The quantitative estimate of drug-likeness (QED) is 0.829. The van der Waals surface area contributed by atoms with Crippen LogP contribution in [0, 0.1) is 0 Å². The second-order valence-electron chi connectivity index (χ2n) is 3.38.